The molecule has 4 heteroatoms. The van der Waals surface area contributed by atoms with Gasteiger partial charge in [-0.2, -0.15) is 0 Å². The number of fused-ring (bicyclic) bond motifs is 5. The second-order valence-electron chi connectivity index (χ2n) is 10.0. The summed E-state index contributed by atoms with van der Waals surface area (Å²) in [6.45, 7) is 0. The third kappa shape index (κ3) is 3.59. The molecular weight excluding hydrogens is 510 g/mol. The Balaban J connectivity index is 1.40. The molecular formula is C36H22ClN3. The van der Waals surface area contributed by atoms with Gasteiger partial charge in [-0.05, 0) is 53.2 Å². The van der Waals surface area contributed by atoms with Gasteiger partial charge in [0.15, 0.2) is 5.82 Å². The fourth-order valence-corrected chi connectivity index (χ4v) is 5.97. The van der Waals surface area contributed by atoms with Gasteiger partial charge in [0, 0.05) is 33.0 Å². The monoisotopic (exact) mass is 531 g/mol. The van der Waals surface area contributed by atoms with Crippen molar-refractivity contribution in [2.75, 3.05) is 0 Å². The van der Waals surface area contributed by atoms with Crippen LogP contribution in [-0.4, -0.2) is 14.5 Å². The van der Waals surface area contributed by atoms with Crippen LogP contribution in [0.3, 0.4) is 0 Å². The van der Waals surface area contributed by atoms with Crippen molar-refractivity contribution >= 4 is 55.1 Å². The highest BCUT2D eigenvalue weighted by Crippen LogP contribution is 2.37. The number of hydrogen-bond donors (Lipinski definition) is 0. The zero-order chi connectivity index (χ0) is 26.6. The molecule has 0 saturated carbocycles. The summed E-state index contributed by atoms with van der Waals surface area (Å²) < 4.78 is 2.32. The number of rotatable bonds is 3. The number of aromatic nitrogens is 3. The van der Waals surface area contributed by atoms with Gasteiger partial charge in [-0.25, -0.2) is 9.97 Å². The lowest BCUT2D eigenvalue weighted by Crippen LogP contribution is -1.98. The quantitative estimate of drug-likeness (QED) is 0.227. The summed E-state index contributed by atoms with van der Waals surface area (Å²) in [6.07, 6.45) is 0. The van der Waals surface area contributed by atoms with Crippen molar-refractivity contribution in [3.8, 4) is 28.3 Å². The molecule has 0 radical (unpaired) electrons. The molecule has 2 heterocycles. The van der Waals surface area contributed by atoms with Gasteiger partial charge in [-0.1, -0.05) is 103 Å². The summed E-state index contributed by atoms with van der Waals surface area (Å²) in [6, 6.07) is 46.2. The second-order valence-corrected chi connectivity index (χ2v) is 10.4. The van der Waals surface area contributed by atoms with Crippen molar-refractivity contribution in [2.24, 2.45) is 0 Å². The standard InChI is InChI=1S/C36H22ClN3/c37-31-19-18-26(40-33-17-9-7-14-27(33)29-20-24-12-4-5-13-25(24)21-34(29)40)22-30(31)36-38-32-16-8-6-15-28(32)35(39-36)23-10-2-1-3-11-23/h1-22H. The van der Waals surface area contributed by atoms with E-state index in [4.69, 9.17) is 21.6 Å². The maximum absolute atomic E-state index is 6.87. The zero-order valence-corrected chi connectivity index (χ0v) is 22.2. The molecule has 0 spiro atoms. The summed E-state index contributed by atoms with van der Waals surface area (Å²) >= 11 is 6.87. The minimum atomic E-state index is 0.607. The lowest BCUT2D eigenvalue weighted by molar-refractivity contribution is 1.17. The van der Waals surface area contributed by atoms with Crippen molar-refractivity contribution < 1.29 is 0 Å². The molecule has 8 aromatic rings. The first-order valence-corrected chi connectivity index (χ1v) is 13.7. The van der Waals surface area contributed by atoms with E-state index in [2.05, 4.69) is 95.6 Å². The maximum atomic E-state index is 6.87. The predicted molar refractivity (Wildman–Crippen MR) is 167 cm³/mol. The molecule has 0 atom stereocenters. The molecule has 0 amide bonds. The first kappa shape index (κ1) is 22.9. The molecule has 0 aliphatic heterocycles. The molecule has 40 heavy (non-hydrogen) atoms. The van der Waals surface area contributed by atoms with Crippen molar-refractivity contribution in [3.63, 3.8) is 0 Å². The van der Waals surface area contributed by atoms with Crippen molar-refractivity contribution in [2.45, 2.75) is 0 Å². The Morgan fingerprint density at radius 1 is 0.525 bits per heavy atom. The Labute approximate surface area is 235 Å². The van der Waals surface area contributed by atoms with Gasteiger partial charge in [-0.15, -0.1) is 0 Å². The molecule has 3 nitrogen and oxygen atoms in total. The predicted octanol–water partition coefficient (Wildman–Crippen LogP) is 9.87. The molecule has 0 aliphatic rings. The summed E-state index contributed by atoms with van der Waals surface area (Å²) in [4.78, 5) is 10.1. The van der Waals surface area contributed by atoms with E-state index in [1.807, 2.05) is 42.5 Å². The average Bonchev–Trinajstić information content (AvgIpc) is 3.33. The molecule has 8 rings (SSSR count). The Morgan fingerprint density at radius 2 is 1.23 bits per heavy atom. The fraction of sp³-hybridized carbons (Fsp3) is 0. The van der Waals surface area contributed by atoms with Crippen LogP contribution in [0.5, 0.6) is 0 Å². The van der Waals surface area contributed by atoms with Crippen molar-refractivity contribution in [3.05, 3.63) is 138 Å². The van der Waals surface area contributed by atoms with Gasteiger partial charge in [-0.3, -0.25) is 0 Å². The van der Waals surface area contributed by atoms with Gasteiger partial charge in [0.2, 0.25) is 0 Å². The van der Waals surface area contributed by atoms with Crippen LogP contribution in [0.2, 0.25) is 5.02 Å². The maximum Gasteiger partial charge on any atom is 0.162 e. The normalized spacial score (nSPS) is 11.6. The van der Waals surface area contributed by atoms with Crippen LogP contribution >= 0.6 is 11.6 Å². The van der Waals surface area contributed by atoms with E-state index in [1.165, 1.54) is 21.5 Å². The Kier molecular flexibility index (Phi) is 5.19. The van der Waals surface area contributed by atoms with Crippen molar-refractivity contribution in [1.82, 2.24) is 14.5 Å². The number of halogens is 1. The number of nitrogens with zero attached hydrogens (tertiary/aromatic N) is 3. The third-order valence-corrected chi connectivity index (χ3v) is 7.97. The molecule has 2 aromatic heterocycles. The molecule has 188 valence electrons. The molecule has 0 unspecified atom stereocenters. The van der Waals surface area contributed by atoms with E-state index in [0.29, 0.717) is 10.8 Å². The van der Waals surface area contributed by atoms with E-state index in [0.717, 1.165) is 44.4 Å². The Hall–Kier alpha value is -4.99. The number of para-hydroxylation sites is 2. The minimum absolute atomic E-state index is 0.607. The SMILES string of the molecule is Clc1ccc(-n2c3ccccc3c3cc4ccccc4cc32)cc1-c1nc(-c2ccccc2)c2ccccc2n1. The minimum Gasteiger partial charge on any atom is -0.309 e. The van der Waals surface area contributed by atoms with Gasteiger partial charge in [0.1, 0.15) is 0 Å². The average molecular weight is 532 g/mol. The van der Waals surface area contributed by atoms with Gasteiger partial charge in [0.25, 0.3) is 0 Å². The number of hydrogen-bond acceptors (Lipinski definition) is 2. The first-order valence-electron chi connectivity index (χ1n) is 13.3. The highest BCUT2D eigenvalue weighted by molar-refractivity contribution is 6.33. The highest BCUT2D eigenvalue weighted by Gasteiger charge is 2.17. The summed E-state index contributed by atoms with van der Waals surface area (Å²) in [5.41, 5.74) is 6.93. The van der Waals surface area contributed by atoms with E-state index < -0.39 is 0 Å². The number of benzene rings is 6. The summed E-state index contributed by atoms with van der Waals surface area (Å²) in [7, 11) is 0. The molecule has 0 fully saturated rings. The van der Waals surface area contributed by atoms with Crippen LogP contribution in [0.1, 0.15) is 0 Å². The molecule has 0 N–H and O–H groups in total. The van der Waals surface area contributed by atoms with Crippen LogP contribution in [0, 0.1) is 0 Å². The topological polar surface area (TPSA) is 30.7 Å². The van der Waals surface area contributed by atoms with E-state index in [-0.39, 0.29) is 0 Å². The summed E-state index contributed by atoms with van der Waals surface area (Å²) in [5, 5.41) is 6.50. The molecule has 0 aliphatic carbocycles. The van der Waals surface area contributed by atoms with E-state index in [1.54, 1.807) is 0 Å². The van der Waals surface area contributed by atoms with Crippen LogP contribution in [0.4, 0.5) is 0 Å². The van der Waals surface area contributed by atoms with Crippen LogP contribution in [0.15, 0.2) is 133 Å². The highest BCUT2D eigenvalue weighted by atomic mass is 35.5. The molecule has 0 bridgehead atoms. The largest absolute Gasteiger partial charge is 0.309 e. The third-order valence-electron chi connectivity index (χ3n) is 7.64. The molecule has 6 aromatic carbocycles. The first-order chi connectivity index (χ1) is 19.7. The Bertz CT molecular complexity index is 2230. The lowest BCUT2D eigenvalue weighted by Gasteiger charge is -2.13. The van der Waals surface area contributed by atoms with E-state index >= 15 is 0 Å². The van der Waals surface area contributed by atoms with Crippen molar-refractivity contribution in [1.29, 1.82) is 0 Å². The van der Waals surface area contributed by atoms with Crippen LogP contribution < -0.4 is 0 Å². The second kappa shape index (κ2) is 9.04. The summed E-state index contributed by atoms with van der Waals surface area (Å²) in [5.74, 6) is 0.607. The van der Waals surface area contributed by atoms with Crippen LogP contribution in [0.25, 0.3) is 71.8 Å². The van der Waals surface area contributed by atoms with Crippen LogP contribution in [-0.2, 0) is 0 Å². The van der Waals surface area contributed by atoms with Gasteiger partial charge in [0.05, 0.1) is 27.3 Å². The fourth-order valence-electron chi connectivity index (χ4n) is 5.77. The lowest BCUT2D eigenvalue weighted by atomic mass is 10.1. The van der Waals surface area contributed by atoms with Gasteiger partial charge < -0.3 is 4.57 Å². The van der Waals surface area contributed by atoms with Gasteiger partial charge >= 0.3 is 0 Å². The zero-order valence-electron chi connectivity index (χ0n) is 21.4. The molecule has 0 saturated heterocycles. The van der Waals surface area contributed by atoms with E-state index in [9.17, 15) is 0 Å². The smallest absolute Gasteiger partial charge is 0.162 e. The Morgan fingerprint density at radius 3 is 2.08 bits per heavy atom.